The smallest absolute Gasteiger partial charge is 0.258 e. The van der Waals surface area contributed by atoms with E-state index in [1.807, 2.05) is 37.3 Å². The quantitative estimate of drug-likeness (QED) is 0.661. The van der Waals surface area contributed by atoms with Crippen molar-refractivity contribution in [3.63, 3.8) is 0 Å². The number of thiazole rings is 1. The zero-order valence-corrected chi connectivity index (χ0v) is 14.5. The van der Waals surface area contributed by atoms with Crippen LogP contribution in [0.3, 0.4) is 0 Å². The lowest BCUT2D eigenvalue weighted by Gasteiger charge is -2.04. The van der Waals surface area contributed by atoms with Crippen LogP contribution in [0.4, 0.5) is 9.52 Å². The Bertz CT molecular complexity index is 864. The molecule has 0 radical (unpaired) electrons. The molecule has 0 atom stereocenters. The lowest BCUT2D eigenvalue weighted by molar-refractivity contribution is 0.102. The zero-order chi connectivity index (χ0) is 16.4. The van der Waals surface area contributed by atoms with E-state index in [1.54, 1.807) is 0 Å². The molecule has 0 aliphatic heterocycles. The SMILES string of the molecule is Cc1nc(NC(=O)c2ccc(F)cc2Br)sc1-c1ccccc1. The Labute approximate surface area is 145 Å². The lowest BCUT2D eigenvalue weighted by atomic mass is 10.2. The van der Waals surface area contributed by atoms with Crippen LogP contribution in [-0.4, -0.2) is 10.9 Å². The fourth-order valence-electron chi connectivity index (χ4n) is 2.15. The average molecular weight is 391 g/mol. The van der Waals surface area contributed by atoms with Crippen molar-refractivity contribution in [2.75, 3.05) is 5.32 Å². The molecule has 3 nitrogen and oxygen atoms in total. The predicted octanol–water partition coefficient (Wildman–Crippen LogP) is 5.27. The van der Waals surface area contributed by atoms with Crippen molar-refractivity contribution in [1.82, 2.24) is 4.98 Å². The van der Waals surface area contributed by atoms with E-state index in [9.17, 15) is 9.18 Å². The van der Waals surface area contributed by atoms with E-state index in [-0.39, 0.29) is 5.91 Å². The molecule has 23 heavy (non-hydrogen) atoms. The Morgan fingerprint density at radius 2 is 1.96 bits per heavy atom. The monoisotopic (exact) mass is 390 g/mol. The molecule has 0 bridgehead atoms. The summed E-state index contributed by atoms with van der Waals surface area (Å²) >= 11 is 4.61. The van der Waals surface area contributed by atoms with Gasteiger partial charge in [-0.25, -0.2) is 9.37 Å². The maximum Gasteiger partial charge on any atom is 0.258 e. The van der Waals surface area contributed by atoms with Crippen LogP contribution in [-0.2, 0) is 0 Å². The first kappa shape index (κ1) is 15.8. The number of amides is 1. The van der Waals surface area contributed by atoms with Gasteiger partial charge < -0.3 is 0 Å². The van der Waals surface area contributed by atoms with Crippen LogP contribution < -0.4 is 5.32 Å². The Balaban J connectivity index is 1.85. The largest absolute Gasteiger partial charge is 0.298 e. The predicted molar refractivity (Wildman–Crippen MR) is 94.3 cm³/mol. The molecule has 6 heteroatoms. The number of hydrogen-bond acceptors (Lipinski definition) is 3. The number of anilines is 1. The second-order valence-corrected chi connectivity index (χ2v) is 6.73. The minimum Gasteiger partial charge on any atom is -0.298 e. The number of hydrogen-bond donors (Lipinski definition) is 1. The van der Waals surface area contributed by atoms with E-state index in [2.05, 4.69) is 26.2 Å². The van der Waals surface area contributed by atoms with E-state index >= 15 is 0 Å². The Morgan fingerprint density at radius 1 is 1.22 bits per heavy atom. The Morgan fingerprint density at radius 3 is 2.65 bits per heavy atom. The summed E-state index contributed by atoms with van der Waals surface area (Å²) in [6.07, 6.45) is 0. The number of nitrogens with zero attached hydrogens (tertiary/aromatic N) is 1. The molecule has 2 aromatic carbocycles. The van der Waals surface area contributed by atoms with Gasteiger partial charge in [-0.2, -0.15) is 0 Å². The van der Waals surface area contributed by atoms with E-state index in [0.717, 1.165) is 16.1 Å². The third-order valence-electron chi connectivity index (χ3n) is 3.23. The molecule has 116 valence electrons. The van der Waals surface area contributed by atoms with Gasteiger partial charge in [0.1, 0.15) is 5.82 Å². The van der Waals surface area contributed by atoms with Gasteiger partial charge >= 0.3 is 0 Å². The maximum absolute atomic E-state index is 13.1. The molecule has 0 aliphatic carbocycles. The number of rotatable bonds is 3. The zero-order valence-electron chi connectivity index (χ0n) is 12.1. The molecule has 1 amide bonds. The fourth-order valence-corrected chi connectivity index (χ4v) is 3.64. The molecule has 0 unspecified atom stereocenters. The average Bonchev–Trinajstić information content (AvgIpc) is 2.88. The first-order valence-corrected chi connectivity index (χ1v) is 8.45. The number of aromatic nitrogens is 1. The number of carbonyl (C=O) groups is 1. The highest BCUT2D eigenvalue weighted by atomic mass is 79.9. The number of carbonyl (C=O) groups excluding carboxylic acids is 1. The van der Waals surface area contributed by atoms with Gasteiger partial charge in [0.2, 0.25) is 0 Å². The van der Waals surface area contributed by atoms with E-state index < -0.39 is 5.82 Å². The summed E-state index contributed by atoms with van der Waals surface area (Å²) in [7, 11) is 0. The van der Waals surface area contributed by atoms with Crippen LogP contribution in [0.1, 0.15) is 16.1 Å². The van der Waals surface area contributed by atoms with Crippen molar-refractivity contribution in [3.8, 4) is 10.4 Å². The standard InChI is InChI=1S/C17H12BrFN2OS/c1-10-15(11-5-3-2-4-6-11)23-17(20-10)21-16(22)13-8-7-12(19)9-14(13)18/h2-9H,1H3,(H,20,21,22). The Kier molecular flexibility index (Phi) is 4.54. The summed E-state index contributed by atoms with van der Waals surface area (Å²) in [6, 6.07) is 13.8. The number of nitrogens with one attached hydrogen (secondary N) is 1. The van der Waals surface area contributed by atoms with Gasteiger partial charge in [0.15, 0.2) is 5.13 Å². The van der Waals surface area contributed by atoms with Crippen molar-refractivity contribution < 1.29 is 9.18 Å². The molecule has 1 N–H and O–H groups in total. The minimum absolute atomic E-state index is 0.328. The highest BCUT2D eigenvalue weighted by molar-refractivity contribution is 9.10. The molecule has 0 spiro atoms. The van der Waals surface area contributed by atoms with Gasteiger partial charge in [0.25, 0.3) is 5.91 Å². The summed E-state index contributed by atoms with van der Waals surface area (Å²) in [6.45, 7) is 1.91. The fraction of sp³-hybridized carbons (Fsp3) is 0.0588. The van der Waals surface area contributed by atoms with Crippen LogP contribution in [0, 0.1) is 12.7 Å². The van der Waals surface area contributed by atoms with Crippen molar-refractivity contribution in [2.24, 2.45) is 0 Å². The molecule has 0 saturated carbocycles. The molecule has 0 fully saturated rings. The van der Waals surface area contributed by atoms with Gasteiger partial charge in [-0.1, -0.05) is 41.7 Å². The lowest BCUT2D eigenvalue weighted by Crippen LogP contribution is -2.12. The third-order valence-corrected chi connectivity index (χ3v) is 5.01. The van der Waals surface area contributed by atoms with Crippen molar-refractivity contribution in [1.29, 1.82) is 0 Å². The highest BCUT2D eigenvalue weighted by Crippen LogP contribution is 2.33. The van der Waals surface area contributed by atoms with Crippen LogP contribution >= 0.6 is 27.3 Å². The van der Waals surface area contributed by atoms with Gasteiger partial charge in [-0.15, -0.1) is 0 Å². The first-order valence-electron chi connectivity index (χ1n) is 6.84. The molecule has 0 saturated heterocycles. The van der Waals surface area contributed by atoms with Gasteiger partial charge in [-0.05, 0) is 46.6 Å². The summed E-state index contributed by atoms with van der Waals surface area (Å²) in [5.41, 5.74) is 2.28. The molecular weight excluding hydrogens is 379 g/mol. The number of benzene rings is 2. The van der Waals surface area contributed by atoms with Crippen molar-refractivity contribution >= 4 is 38.3 Å². The summed E-state index contributed by atoms with van der Waals surface area (Å²) in [5, 5.41) is 3.28. The van der Waals surface area contributed by atoms with E-state index in [1.165, 1.54) is 29.5 Å². The van der Waals surface area contributed by atoms with E-state index in [4.69, 9.17) is 0 Å². The topological polar surface area (TPSA) is 42.0 Å². The molecular formula is C17H12BrFN2OS. The van der Waals surface area contributed by atoms with Crippen LogP contribution in [0.15, 0.2) is 53.0 Å². The van der Waals surface area contributed by atoms with Crippen LogP contribution in [0.5, 0.6) is 0 Å². The molecule has 0 aliphatic rings. The number of aryl methyl sites for hydroxylation is 1. The highest BCUT2D eigenvalue weighted by Gasteiger charge is 2.15. The van der Waals surface area contributed by atoms with Crippen LogP contribution in [0.2, 0.25) is 0 Å². The molecule has 1 aromatic heterocycles. The maximum atomic E-state index is 13.1. The summed E-state index contributed by atoms with van der Waals surface area (Å²) < 4.78 is 13.5. The number of halogens is 2. The Hall–Kier alpha value is -2.05. The van der Waals surface area contributed by atoms with E-state index in [0.29, 0.717) is 15.2 Å². The first-order chi connectivity index (χ1) is 11.0. The van der Waals surface area contributed by atoms with Crippen LogP contribution in [0.25, 0.3) is 10.4 Å². The minimum atomic E-state index is -0.398. The second-order valence-electron chi connectivity index (χ2n) is 4.88. The molecule has 1 heterocycles. The molecule has 3 rings (SSSR count). The molecule has 3 aromatic rings. The van der Waals surface area contributed by atoms with Gasteiger partial charge in [0, 0.05) is 4.47 Å². The van der Waals surface area contributed by atoms with Gasteiger partial charge in [-0.3, -0.25) is 10.1 Å². The normalized spacial score (nSPS) is 10.6. The second kappa shape index (κ2) is 6.60. The third kappa shape index (κ3) is 3.48. The summed E-state index contributed by atoms with van der Waals surface area (Å²) in [4.78, 5) is 17.7. The van der Waals surface area contributed by atoms with Crippen molar-refractivity contribution in [3.05, 3.63) is 70.1 Å². The van der Waals surface area contributed by atoms with Crippen molar-refractivity contribution in [2.45, 2.75) is 6.92 Å². The van der Waals surface area contributed by atoms with Gasteiger partial charge in [0.05, 0.1) is 16.1 Å². The summed E-state index contributed by atoms with van der Waals surface area (Å²) in [5.74, 6) is -0.727.